The number of nitrogens with zero attached hydrogens (tertiary/aromatic N) is 5. The lowest BCUT2D eigenvalue weighted by atomic mass is 9.93. The molecule has 7 heteroatoms. The molecular formula is C26H24FN5O. The van der Waals surface area contributed by atoms with Crippen LogP contribution in [0.5, 0.6) is 0 Å². The fraction of sp³-hybridized carbons (Fsp3) is 0.231. The second kappa shape index (κ2) is 9.32. The molecule has 0 spiro atoms. The first-order valence-electron chi connectivity index (χ1n) is 11.1. The van der Waals surface area contributed by atoms with Gasteiger partial charge in [0.2, 0.25) is 0 Å². The van der Waals surface area contributed by atoms with Crippen molar-refractivity contribution in [2.24, 2.45) is 0 Å². The molecule has 1 saturated heterocycles. The summed E-state index contributed by atoms with van der Waals surface area (Å²) < 4.78 is 15.0. The number of aromatic nitrogens is 4. The van der Waals surface area contributed by atoms with E-state index in [4.69, 9.17) is 4.98 Å². The van der Waals surface area contributed by atoms with Crippen LogP contribution < -0.4 is 0 Å². The molecule has 0 unspecified atom stereocenters. The summed E-state index contributed by atoms with van der Waals surface area (Å²) >= 11 is 0. The summed E-state index contributed by atoms with van der Waals surface area (Å²) in [6, 6.07) is 20.1. The molecule has 1 fully saturated rings. The Labute approximate surface area is 191 Å². The lowest BCUT2D eigenvalue weighted by Gasteiger charge is -2.32. The highest BCUT2D eigenvalue weighted by Crippen LogP contribution is 2.27. The van der Waals surface area contributed by atoms with Gasteiger partial charge in [-0.25, -0.2) is 4.39 Å². The van der Waals surface area contributed by atoms with Crippen LogP contribution >= 0.6 is 0 Å². The van der Waals surface area contributed by atoms with E-state index < -0.39 is 0 Å². The Hall–Kier alpha value is -3.87. The molecule has 3 heterocycles. The Balaban J connectivity index is 1.30. The Bertz CT molecular complexity index is 1240. The Morgan fingerprint density at radius 3 is 2.61 bits per heavy atom. The first-order valence-corrected chi connectivity index (χ1v) is 11.1. The van der Waals surface area contributed by atoms with E-state index in [1.54, 1.807) is 29.4 Å². The number of halogens is 1. The minimum atomic E-state index is -0.236. The molecule has 1 amide bonds. The van der Waals surface area contributed by atoms with Gasteiger partial charge in [-0.3, -0.25) is 14.3 Å². The van der Waals surface area contributed by atoms with E-state index in [0.717, 1.165) is 42.0 Å². The van der Waals surface area contributed by atoms with Gasteiger partial charge in [-0.05, 0) is 60.9 Å². The monoisotopic (exact) mass is 441 g/mol. The van der Waals surface area contributed by atoms with Crippen molar-refractivity contribution < 1.29 is 9.18 Å². The number of likely N-dealkylation sites (tertiary alicyclic amines) is 1. The SMILES string of the molecule is O=C(c1cccc(-n2cnnc2)c1)N1CCC[C@H](c2cccc(Cc3ccc(F)cc3)n2)C1. The van der Waals surface area contributed by atoms with Crippen molar-refractivity contribution in [3.05, 3.63) is 108 Å². The fourth-order valence-corrected chi connectivity index (χ4v) is 4.35. The van der Waals surface area contributed by atoms with Crippen LogP contribution in [0.25, 0.3) is 5.69 Å². The van der Waals surface area contributed by atoms with Gasteiger partial charge in [0.05, 0.1) is 0 Å². The third-order valence-electron chi connectivity index (χ3n) is 6.06. The van der Waals surface area contributed by atoms with Gasteiger partial charge in [-0.1, -0.05) is 24.3 Å². The fourth-order valence-electron chi connectivity index (χ4n) is 4.35. The smallest absolute Gasteiger partial charge is 0.253 e. The van der Waals surface area contributed by atoms with Crippen LogP contribution in [0.15, 0.2) is 79.4 Å². The van der Waals surface area contributed by atoms with Crippen LogP contribution in [0.1, 0.15) is 46.1 Å². The molecule has 33 heavy (non-hydrogen) atoms. The van der Waals surface area contributed by atoms with Crippen molar-refractivity contribution in [2.75, 3.05) is 13.1 Å². The minimum absolute atomic E-state index is 0.0251. The molecule has 5 rings (SSSR count). The number of piperidine rings is 1. The Kier molecular flexibility index (Phi) is 5.93. The largest absolute Gasteiger partial charge is 0.338 e. The summed E-state index contributed by atoms with van der Waals surface area (Å²) in [6.07, 6.45) is 5.82. The molecule has 166 valence electrons. The van der Waals surface area contributed by atoms with Crippen molar-refractivity contribution in [1.29, 1.82) is 0 Å². The second-order valence-electron chi connectivity index (χ2n) is 8.37. The van der Waals surface area contributed by atoms with Crippen LogP contribution in [0.3, 0.4) is 0 Å². The number of hydrogen-bond donors (Lipinski definition) is 0. The zero-order chi connectivity index (χ0) is 22.6. The predicted octanol–water partition coefficient (Wildman–Crippen LogP) is 4.41. The number of carbonyl (C=O) groups is 1. The molecule has 0 saturated carbocycles. The molecule has 0 aliphatic carbocycles. The molecular weight excluding hydrogens is 417 g/mol. The van der Waals surface area contributed by atoms with Crippen molar-refractivity contribution >= 4 is 5.91 Å². The highest BCUT2D eigenvalue weighted by Gasteiger charge is 2.26. The maximum atomic E-state index is 13.3. The summed E-state index contributed by atoms with van der Waals surface area (Å²) in [4.78, 5) is 20.1. The van der Waals surface area contributed by atoms with Crippen LogP contribution in [0.2, 0.25) is 0 Å². The molecule has 4 aromatic rings. The molecule has 2 aromatic carbocycles. The van der Waals surface area contributed by atoms with Gasteiger partial charge < -0.3 is 4.90 Å². The number of amides is 1. The molecule has 1 aliphatic heterocycles. The average Bonchev–Trinajstić information content (AvgIpc) is 3.41. The van der Waals surface area contributed by atoms with Gasteiger partial charge >= 0.3 is 0 Å². The number of rotatable bonds is 5. The van der Waals surface area contributed by atoms with Gasteiger partial charge in [-0.15, -0.1) is 10.2 Å². The Morgan fingerprint density at radius 2 is 1.79 bits per heavy atom. The molecule has 0 radical (unpaired) electrons. The number of hydrogen-bond acceptors (Lipinski definition) is 4. The van der Waals surface area contributed by atoms with E-state index in [0.29, 0.717) is 18.5 Å². The van der Waals surface area contributed by atoms with Gasteiger partial charge in [0, 0.05) is 48.1 Å². The Morgan fingerprint density at radius 1 is 1.00 bits per heavy atom. The van der Waals surface area contributed by atoms with E-state index >= 15 is 0 Å². The molecule has 2 aromatic heterocycles. The summed E-state index contributed by atoms with van der Waals surface area (Å²) in [5, 5.41) is 7.68. The summed E-state index contributed by atoms with van der Waals surface area (Å²) in [7, 11) is 0. The zero-order valence-electron chi connectivity index (χ0n) is 18.1. The number of carbonyl (C=O) groups excluding carboxylic acids is 1. The minimum Gasteiger partial charge on any atom is -0.338 e. The molecule has 6 nitrogen and oxygen atoms in total. The summed E-state index contributed by atoms with van der Waals surface area (Å²) in [5.41, 5.74) is 4.48. The van der Waals surface area contributed by atoms with E-state index in [9.17, 15) is 9.18 Å². The van der Waals surface area contributed by atoms with E-state index in [2.05, 4.69) is 10.2 Å². The van der Waals surface area contributed by atoms with Crippen molar-refractivity contribution in [3.8, 4) is 5.69 Å². The molecule has 1 atom stereocenters. The molecule has 0 bridgehead atoms. The lowest BCUT2D eigenvalue weighted by Crippen LogP contribution is -2.39. The predicted molar refractivity (Wildman–Crippen MR) is 123 cm³/mol. The lowest BCUT2D eigenvalue weighted by molar-refractivity contribution is 0.0706. The first kappa shape index (κ1) is 21.0. The second-order valence-corrected chi connectivity index (χ2v) is 8.37. The van der Waals surface area contributed by atoms with Crippen LogP contribution in [0, 0.1) is 5.82 Å². The summed E-state index contributed by atoms with van der Waals surface area (Å²) in [5.74, 6) is -0.0198. The zero-order valence-corrected chi connectivity index (χ0v) is 18.1. The van der Waals surface area contributed by atoms with Gasteiger partial charge in [0.1, 0.15) is 18.5 Å². The van der Waals surface area contributed by atoms with Gasteiger partial charge in [-0.2, -0.15) is 0 Å². The van der Waals surface area contributed by atoms with Crippen molar-refractivity contribution in [2.45, 2.75) is 25.2 Å². The van der Waals surface area contributed by atoms with E-state index in [1.807, 2.05) is 47.4 Å². The standard InChI is InChI=1S/C26H24FN5O/c27-22-11-9-19(10-12-22)14-23-6-2-8-25(30-23)21-5-3-13-31(16-21)26(33)20-4-1-7-24(15-20)32-17-28-29-18-32/h1-2,4,6-12,15,17-18,21H,3,5,13-14,16H2/t21-/m0/s1. The molecule has 1 aliphatic rings. The summed E-state index contributed by atoms with van der Waals surface area (Å²) in [6.45, 7) is 1.38. The van der Waals surface area contributed by atoms with E-state index in [1.165, 1.54) is 12.1 Å². The highest BCUT2D eigenvalue weighted by atomic mass is 19.1. The van der Waals surface area contributed by atoms with Crippen LogP contribution in [-0.2, 0) is 6.42 Å². The number of pyridine rings is 1. The average molecular weight is 442 g/mol. The van der Waals surface area contributed by atoms with Crippen molar-refractivity contribution in [3.63, 3.8) is 0 Å². The van der Waals surface area contributed by atoms with Crippen molar-refractivity contribution in [1.82, 2.24) is 24.6 Å². The first-order chi connectivity index (χ1) is 16.2. The van der Waals surface area contributed by atoms with Crippen LogP contribution in [-0.4, -0.2) is 43.6 Å². The maximum absolute atomic E-state index is 13.3. The maximum Gasteiger partial charge on any atom is 0.253 e. The normalized spacial score (nSPS) is 16.0. The third-order valence-corrected chi connectivity index (χ3v) is 6.06. The quantitative estimate of drug-likeness (QED) is 0.460. The molecule has 0 N–H and O–H groups in total. The van der Waals surface area contributed by atoms with E-state index in [-0.39, 0.29) is 17.6 Å². The topological polar surface area (TPSA) is 63.9 Å². The third kappa shape index (κ3) is 4.82. The number of benzene rings is 2. The van der Waals surface area contributed by atoms with Crippen LogP contribution in [0.4, 0.5) is 4.39 Å². The van der Waals surface area contributed by atoms with Gasteiger partial charge in [0.15, 0.2) is 0 Å². The van der Waals surface area contributed by atoms with Gasteiger partial charge in [0.25, 0.3) is 5.91 Å². The highest BCUT2D eigenvalue weighted by molar-refractivity contribution is 5.94.